The first-order valence-corrected chi connectivity index (χ1v) is 6.17. The van der Waals surface area contributed by atoms with Gasteiger partial charge in [-0.15, -0.1) is 11.6 Å². The molecule has 0 radical (unpaired) electrons. The van der Waals surface area contributed by atoms with Gasteiger partial charge in [0.25, 0.3) is 0 Å². The Morgan fingerprint density at radius 3 is 2.47 bits per heavy atom. The van der Waals surface area contributed by atoms with Gasteiger partial charge in [0.05, 0.1) is 12.5 Å². The lowest BCUT2D eigenvalue weighted by molar-refractivity contribution is -0.135. The van der Waals surface area contributed by atoms with Crippen molar-refractivity contribution in [3.63, 3.8) is 0 Å². The third-order valence-electron chi connectivity index (χ3n) is 1.85. The summed E-state index contributed by atoms with van der Waals surface area (Å²) in [6.07, 6.45) is 2.89. The minimum Gasteiger partial charge on any atom is -0.461 e. The lowest BCUT2D eigenvalue weighted by Gasteiger charge is -2.03. The zero-order valence-electron chi connectivity index (χ0n) is 10.2. The molecule has 0 heterocycles. The summed E-state index contributed by atoms with van der Waals surface area (Å²) >= 11 is 5.36. The van der Waals surface area contributed by atoms with Gasteiger partial charge in [0.1, 0.15) is 6.61 Å². The number of unbranched alkanes of at least 4 members (excludes halogenated alkanes) is 2. The number of Topliss-reactive ketones (excluding diaryl/α,β-unsaturated/α-hetero) is 1. The summed E-state index contributed by atoms with van der Waals surface area (Å²) in [5.41, 5.74) is -0.377. The highest BCUT2D eigenvalue weighted by Crippen LogP contribution is 1.97. The SMILES string of the molecule is CCCCCON=C(C(=O)CCl)C(=O)OCC. The standard InChI is InChI=1S/C11H18ClNO4/c1-3-5-6-7-17-13-10(9(14)8-12)11(15)16-4-2/h3-8H2,1-2H3. The van der Waals surface area contributed by atoms with E-state index in [2.05, 4.69) is 16.8 Å². The van der Waals surface area contributed by atoms with Crippen molar-refractivity contribution in [1.82, 2.24) is 0 Å². The minimum absolute atomic E-state index is 0.170. The highest BCUT2D eigenvalue weighted by Gasteiger charge is 2.21. The molecule has 0 aliphatic heterocycles. The van der Waals surface area contributed by atoms with E-state index < -0.39 is 11.8 Å². The van der Waals surface area contributed by atoms with Gasteiger partial charge in [-0.05, 0) is 13.3 Å². The first-order chi connectivity index (χ1) is 8.17. The van der Waals surface area contributed by atoms with Crippen molar-refractivity contribution in [2.24, 2.45) is 5.16 Å². The Balaban J connectivity index is 4.31. The van der Waals surface area contributed by atoms with Crippen LogP contribution in [0.4, 0.5) is 0 Å². The molecule has 0 aromatic rings. The number of esters is 1. The zero-order valence-corrected chi connectivity index (χ0v) is 11.0. The van der Waals surface area contributed by atoms with Crippen LogP contribution in [0.3, 0.4) is 0 Å². The van der Waals surface area contributed by atoms with Crippen LogP contribution in [0.15, 0.2) is 5.16 Å². The molecule has 0 aliphatic carbocycles. The van der Waals surface area contributed by atoms with Crippen LogP contribution in [-0.2, 0) is 19.2 Å². The maximum atomic E-state index is 11.4. The monoisotopic (exact) mass is 263 g/mol. The van der Waals surface area contributed by atoms with E-state index in [1.54, 1.807) is 6.92 Å². The Morgan fingerprint density at radius 2 is 1.94 bits per heavy atom. The Hall–Kier alpha value is -1.10. The van der Waals surface area contributed by atoms with Crippen LogP contribution < -0.4 is 0 Å². The fraction of sp³-hybridized carbons (Fsp3) is 0.727. The van der Waals surface area contributed by atoms with Crippen LogP contribution in [-0.4, -0.2) is 36.6 Å². The predicted octanol–water partition coefficient (Wildman–Crippen LogP) is 1.92. The third kappa shape index (κ3) is 6.94. The number of ketones is 1. The normalized spacial score (nSPS) is 11.1. The van der Waals surface area contributed by atoms with Gasteiger partial charge < -0.3 is 9.57 Å². The van der Waals surface area contributed by atoms with E-state index in [0.717, 1.165) is 19.3 Å². The summed E-state index contributed by atoms with van der Waals surface area (Å²) in [5.74, 6) is -1.72. The lowest BCUT2D eigenvalue weighted by Crippen LogP contribution is -2.27. The van der Waals surface area contributed by atoms with Gasteiger partial charge in [0.15, 0.2) is 0 Å². The summed E-state index contributed by atoms with van der Waals surface area (Å²) in [7, 11) is 0. The summed E-state index contributed by atoms with van der Waals surface area (Å²) in [6.45, 7) is 4.24. The molecule has 0 fully saturated rings. The predicted molar refractivity (Wildman–Crippen MR) is 65.3 cm³/mol. The molecule has 0 rings (SSSR count). The molecule has 17 heavy (non-hydrogen) atoms. The molecule has 0 saturated carbocycles. The van der Waals surface area contributed by atoms with Crippen LogP contribution in [0.25, 0.3) is 0 Å². The molecule has 0 aromatic heterocycles. The second-order valence-corrected chi connectivity index (χ2v) is 3.52. The van der Waals surface area contributed by atoms with Crippen molar-refractivity contribution in [2.45, 2.75) is 33.1 Å². The number of rotatable bonds is 9. The van der Waals surface area contributed by atoms with Gasteiger partial charge in [0, 0.05) is 0 Å². The first-order valence-electron chi connectivity index (χ1n) is 5.63. The zero-order chi connectivity index (χ0) is 13.1. The molecule has 0 atom stereocenters. The second kappa shape index (κ2) is 10.1. The average Bonchev–Trinajstić information content (AvgIpc) is 2.33. The summed E-state index contributed by atoms with van der Waals surface area (Å²) < 4.78 is 4.68. The van der Waals surface area contributed by atoms with Gasteiger partial charge in [0.2, 0.25) is 11.5 Å². The number of ether oxygens (including phenoxy) is 1. The molecular formula is C11H18ClNO4. The van der Waals surface area contributed by atoms with Gasteiger partial charge >= 0.3 is 5.97 Å². The Morgan fingerprint density at radius 1 is 1.24 bits per heavy atom. The van der Waals surface area contributed by atoms with Crippen molar-refractivity contribution in [1.29, 1.82) is 0 Å². The van der Waals surface area contributed by atoms with E-state index in [1.165, 1.54) is 0 Å². The van der Waals surface area contributed by atoms with E-state index in [1.807, 2.05) is 0 Å². The molecule has 0 saturated heterocycles. The lowest BCUT2D eigenvalue weighted by atomic mass is 10.3. The molecule has 0 spiro atoms. The van der Waals surface area contributed by atoms with E-state index in [0.29, 0.717) is 6.61 Å². The quantitative estimate of drug-likeness (QED) is 0.159. The van der Waals surface area contributed by atoms with E-state index in [-0.39, 0.29) is 18.2 Å². The molecule has 0 N–H and O–H groups in total. The number of alkyl halides is 1. The molecule has 0 bridgehead atoms. The van der Waals surface area contributed by atoms with Crippen LogP contribution in [0, 0.1) is 0 Å². The van der Waals surface area contributed by atoms with Gasteiger partial charge in [-0.25, -0.2) is 4.79 Å². The second-order valence-electron chi connectivity index (χ2n) is 3.26. The van der Waals surface area contributed by atoms with Crippen molar-refractivity contribution in [3.8, 4) is 0 Å². The summed E-state index contributed by atoms with van der Waals surface area (Å²) in [5, 5.41) is 3.49. The van der Waals surface area contributed by atoms with Gasteiger partial charge in [-0.2, -0.15) is 0 Å². The fourth-order valence-electron chi connectivity index (χ4n) is 0.992. The number of oxime groups is 1. The molecule has 5 nitrogen and oxygen atoms in total. The van der Waals surface area contributed by atoms with Crippen LogP contribution in [0.2, 0.25) is 0 Å². The maximum Gasteiger partial charge on any atom is 0.364 e. The molecule has 0 aliphatic rings. The number of nitrogens with zero attached hydrogens (tertiary/aromatic N) is 1. The Kier molecular flexibility index (Phi) is 9.43. The summed E-state index contributed by atoms with van der Waals surface area (Å²) in [4.78, 5) is 27.6. The van der Waals surface area contributed by atoms with Crippen LogP contribution in [0.5, 0.6) is 0 Å². The number of carbonyl (C=O) groups excluding carboxylic acids is 2. The van der Waals surface area contributed by atoms with Gasteiger partial charge in [-0.1, -0.05) is 24.9 Å². The number of hydrogen-bond donors (Lipinski definition) is 0. The summed E-state index contributed by atoms with van der Waals surface area (Å²) in [6, 6.07) is 0. The highest BCUT2D eigenvalue weighted by atomic mass is 35.5. The van der Waals surface area contributed by atoms with E-state index >= 15 is 0 Å². The van der Waals surface area contributed by atoms with Crippen molar-refractivity contribution < 1.29 is 19.2 Å². The minimum atomic E-state index is -0.798. The van der Waals surface area contributed by atoms with E-state index in [9.17, 15) is 9.59 Å². The Bertz CT molecular complexity index is 279. The van der Waals surface area contributed by atoms with Crippen molar-refractivity contribution >= 4 is 29.1 Å². The largest absolute Gasteiger partial charge is 0.461 e. The molecule has 6 heteroatoms. The molecule has 0 amide bonds. The third-order valence-corrected chi connectivity index (χ3v) is 2.09. The smallest absolute Gasteiger partial charge is 0.364 e. The van der Waals surface area contributed by atoms with Gasteiger partial charge in [-0.3, -0.25) is 4.79 Å². The topological polar surface area (TPSA) is 65.0 Å². The van der Waals surface area contributed by atoms with Crippen molar-refractivity contribution in [2.75, 3.05) is 19.1 Å². The number of hydrogen-bond acceptors (Lipinski definition) is 5. The molecule has 0 unspecified atom stereocenters. The number of halogens is 1. The fourth-order valence-corrected chi connectivity index (χ4v) is 1.12. The first kappa shape index (κ1) is 15.9. The molecular weight excluding hydrogens is 246 g/mol. The molecule has 98 valence electrons. The average molecular weight is 264 g/mol. The van der Waals surface area contributed by atoms with E-state index in [4.69, 9.17) is 16.4 Å². The Labute approximate surface area is 106 Å². The molecule has 0 aromatic carbocycles. The van der Waals surface area contributed by atoms with Crippen LogP contribution >= 0.6 is 11.6 Å². The van der Waals surface area contributed by atoms with Crippen molar-refractivity contribution in [3.05, 3.63) is 0 Å². The highest BCUT2D eigenvalue weighted by molar-refractivity contribution is 6.67. The maximum absolute atomic E-state index is 11.4. The van der Waals surface area contributed by atoms with Crippen LogP contribution in [0.1, 0.15) is 33.1 Å². The number of carbonyl (C=O) groups is 2.